The number of anilines is 2. The summed E-state index contributed by atoms with van der Waals surface area (Å²) in [6.07, 6.45) is 20.9. The van der Waals surface area contributed by atoms with Crippen LogP contribution in [0.15, 0.2) is 55.0 Å². The molecule has 5 aliphatic rings. The third-order valence-electron chi connectivity index (χ3n) is 13.0. The van der Waals surface area contributed by atoms with Gasteiger partial charge in [0.05, 0.1) is 22.9 Å². The van der Waals surface area contributed by atoms with Crippen molar-refractivity contribution in [3.8, 4) is 11.5 Å². The topological polar surface area (TPSA) is 178 Å². The first-order valence-electron chi connectivity index (χ1n) is 22.8. The summed E-state index contributed by atoms with van der Waals surface area (Å²) in [5, 5.41) is 8.60. The molecule has 1 saturated carbocycles. The standard InChI is InChI=1S/C40H48N8O6.C7H15NS/c1-46-20-16-40(17-21-46)24-47(25-40)35-33(23-41-26-44-35)54-32-11-7-6-10-29(32)36(50)43-19-9-5-3-2-4-8-18-42-27-12-13-28-30(22-27)39(53)48(38(28)52)31-14-15-34(49)45-37(31)51;1-9-8-7-5-3-2-4-6-7/h6-7,10-13,22-23,26,31,42H,2-5,8-9,14-21,24-25H2,1H3,(H,43,50)(H,45,49,51);7-8H,2-6H2,1H3. The van der Waals surface area contributed by atoms with E-state index in [2.05, 4.69) is 53.7 Å². The zero-order valence-corrected chi connectivity index (χ0v) is 37.6. The molecule has 5 heterocycles. The number of hydrogen-bond donors (Lipinski definition) is 4. The second-order valence-corrected chi connectivity index (χ2v) is 18.3. The summed E-state index contributed by atoms with van der Waals surface area (Å²) in [7, 11) is 2.18. The first kappa shape index (κ1) is 45.9. The Bertz CT molecular complexity index is 2080. The van der Waals surface area contributed by atoms with Crippen LogP contribution in [-0.2, 0) is 9.59 Å². The van der Waals surface area contributed by atoms with Crippen LogP contribution in [0.25, 0.3) is 0 Å². The highest BCUT2D eigenvalue weighted by molar-refractivity contribution is 7.96. The Morgan fingerprint density at radius 1 is 0.873 bits per heavy atom. The molecule has 15 nitrogen and oxygen atoms in total. The smallest absolute Gasteiger partial charge is 0.262 e. The second kappa shape index (κ2) is 22.0. The third kappa shape index (κ3) is 11.8. The number of hydrogen-bond acceptors (Lipinski definition) is 13. The highest BCUT2D eigenvalue weighted by atomic mass is 32.2. The quantitative estimate of drug-likeness (QED) is 0.0651. The number of nitrogens with one attached hydrogen (secondary N) is 4. The highest BCUT2D eigenvalue weighted by Crippen LogP contribution is 2.44. The molecule has 8 rings (SSSR count). The Hall–Kier alpha value is -5.06. The lowest BCUT2D eigenvalue weighted by Crippen LogP contribution is -2.60. The molecule has 0 bridgehead atoms. The Balaban J connectivity index is 0.000000589. The highest BCUT2D eigenvalue weighted by Gasteiger charge is 2.46. The fourth-order valence-electron chi connectivity index (χ4n) is 9.26. The fourth-order valence-corrected chi connectivity index (χ4v) is 9.83. The minimum atomic E-state index is -0.976. The number of fused-ring (bicyclic) bond motifs is 1. The number of nitrogens with zero attached hydrogens (tertiary/aromatic N) is 5. The van der Waals surface area contributed by atoms with Crippen molar-refractivity contribution in [2.24, 2.45) is 5.41 Å². The molecular weight excluding hydrogens is 819 g/mol. The van der Waals surface area contributed by atoms with E-state index >= 15 is 0 Å². The first-order chi connectivity index (χ1) is 30.6. The minimum absolute atomic E-state index is 0.0867. The Kier molecular flexibility index (Phi) is 16.1. The van der Waals surface area contributed by atoms with E-state index in [0.717, 1.165) is 87.2 Å². The number of para-hydroxylation sites is 1. The molecule has 3 aromatic rings. The number of carbonyl (C=O) groups is 5. The number of carbonyl (C=O) groups excluding carboxylic acids is 5. The molecule has 1 spiro atoms. The minimum Gasteiger partial charge on any atom is -0.451 e. The molecule has 338 valence electrons. The van der Waals surface area contributed by atoms with Gasteiger partial charge in [-0.1, -0.05) is 69.0 Å². The Morgan fingerprint density at radius 3 is 2.33 bits per heavy atom. The number of amides is 5. The van der Waals surface area contributed by atoms with Crippen LogP contribution in [0.4, 0.5) is 11.5 Å². The number of imide groups is 2. The van der Waals surface area contributed by atoms with Gasteiger partial charge in [-0.2, -0.15) is 0 Å². The van der Waals surface area contributed by atoms with Crippen LogP contribution in [0.5, 0.6) is 11.5 Å². The second-order valence-electron chi connectivity index (χ2n) is 17.6. The van der Waals surface area contributed by atoms with Gasteiger partial charge >= 0.3 is 0 Å². The molecule has 5 amide bonds. The van der Waals surface area contributed by atoms with Gasteiger partial charge in [0.15, 0.2) is 11.6 Å². The van der Waals surface area contributed by atoms with Crippen LogP contribution in [-0.4, -0.2) is 114 Å². The van der Waals surface area contributed by atoms with E-state index in [0.29, 0.717) is 35.6 Å². The van der Waals surface area contributed by atoms with Crippen LogP contribution in [0.1, 0.15) is 127 Å². The lowest BCUT2D eigenvalue weighted by Gasteiger charge is -2.54. The summed E-state index contributed by atoms with van der Waals surface area (Å²) in [5.41, 5.74) is 2.08. The molecule has 3 saturated heterocycles. The van der Waals surface area contributed by atoms with Gasteiger partial charge < -0.3 is 25.2 Å². The Morgan fingerprint density at radius 2 is 1.59 bits per heavy atom. The van der Waals surface area contributed by atoms with Gasteiger partial charge in [0.25, 0.3) is 17.7 Å². The van der Waals surface area contributed by atoms with Gasteiger partial charge in [-0.25, -0.2) is 9.97 Å². The number of aromatic nitrogens is 2. The monoisotopic (exact) mass is 881 g/mol. The van der Waals surface area contributed by atoms with Gasteiger partial charge in [0.2, 0.25) is 11.8 Å². The lowest BCUT2D eigenvalue weighted by molar-refractivity contribution is -0.136. The molecular formula is C47H63N9O6S. The number of unbranched alkanes of at least 4 members (excludes halogenated alkanes) is 5. The van der Waals surface area contributed by atoms with Gasteiger partial charge in [0.1, 0.15) is 18.1 Å². The van der Waals surface area contributed by atoms with Crippen molar-refractivity contribution in [1.82, 2.24) is 35.1 Å². The fraction of sp³-hybridized carbons (Fsp3) is 0.553. The maximum atomic E-state index is 13.2. The SMILES string of the molecule is CN1CCC2(CC1)CN(c1ncncc1Oc1ccccc1C(=O)NCCCCCCCCNc1ccc3c(c1)C(=O)N(C1CCC(=O)NC1=O)C3=O)C2.CSNC1CCCCC1. The molecule has 4 N–H and O–H groups in total. The molecule has 63 heavy (non-hydrogen) atoms. The van der Waals surface area contributed by atoms with Crippen LogP contribution in [0.3, 0.4) is 0 Å². The van der Waals surface area contributed by atoms with Gasteiger partial charge in [0, 0.05) is 49.7 Å². The molecule has 1 unspecified atom stereocenters. The predicted molar refractivity (Wildman–Crippen MR) is 245 cm³/mol. The summed E-state index contributed by atoms with van der Waals surface area (Å²) in [4.78, 5) is 77.4. The summed E-state index contributed by atoms with van der Waals surface area (Å²) < 4.78 is 9.70. The van der Waals surface area contributed by atoms with Gasteiger partial charge in [-0.3, -0.25) is 38.9 Å². The average Bonchev–Trinajstić information content (AvgIpc) is 3.52. The van der Waals surface area contributed by atoms with E-state index in [1.165, 1.54) is 44.9 Å². The largest absolute Gasteiger partial charge is 0.451 e. The van der Waals surface area contributed by atoms with Crippen molar-refractivity contribution in [1.29, 1.82) is 0 Å². The van der Waals surface area contributed by atoms with Crippen LogP contribution < -0.4 is 30.3 Å². The molecule has 16 heteroatoms. The molecule has 4 aliphatic heterocycles. The number of ether oxygens (including phenoxy) is 1. The summed E-state index contributed by atoms with van der Waals surface area (Å²) >= 11 is 1.76. The zero-order chi connectivity index (χ0) is 44.2. The molecule has 0 radical (unpaired) electrons. The van der Waals surface area contributed by atoms with Crippen LogP contribution >= 0.6 is 11.9 Å². The van der Waals surface area contributed by atoms with E-state index in [1.807, 2.05) is 12.1 Å². The van der Waals surface area contributed by atoms with E-state index in [1.54, 1.807) is 54.8 Å². The zero-order valence-electron chi connectivity index (χ0n) is 36.8. The summed E-state index contributed by atoms with van der Waals surface area (Å²) in [6, 6.07) is 12.1. The predicted octanol–water partition coefficient (Wildman–Crippen LogP) is 6.57. The first-order valence-corrected chi connectivity index (χ1v) is 24.0. The van der Waals surface area contributed by atoms with Gasteiger partial charge in [-0.05, 0) is 102 Å². The average molecular weight is 882 g/mol. The van der Waals surface area contributed by atoms with Crippen molar-refractivity contribution in [2.75, 3.05) is 62.8 Å². The van der Waals surface area contributed by atoms with Crippen LogP contribution in [0.2, 0.25) is 0 Å². The molecule has 1 aliphatic carbocycles. The van der Waals surface area contributed by atoms with Gasteiger partial charge in [-0.15, -0.1) is 0 Å². The number of piperidine rings is 2. The van der Waals surface area contributed by atoms with Crippen molar-refractivity contribution in [3.05, 3.63) is 71.7 Å². The third-order valence-corrected chi connectivity index (χ3v) is 13.5. The van der Waals surface area contributed by atoms with E-state index in [4.69, 9.17) is 4.74 Å². The summed E-state index contributed by atoms with van der Waals surface area (Å²) in [5.74, 6) is -0.429. The summed E-state index contributed by atoms with van der Waals surface area (Å²) in [6.45, 7) is 5.42. The van der Waals surface area contributed by atoms with Crippen LogP contribution in [0, 0.1) is 5.41 Å². The van der Waals surface area contributed by atoms with Crippen molar-refractivity contribution in [2.45, 2.75) is 108 Å². The number of rotatable bonds is 17. The molecule has 1 atom stereocenters. The molecule has 2 aromatic carbocycles. The normalized spacial score (nSPS) is 19.8. The maximum Gasteiger partial charge on any atom is 0.262 e. The number of likely N-dealkylation sites (tertiary alicyclic amines) is 1. The van der Waals surface area contributed by atoms with E-state index in [-0.39, 0.29) is 29.9 Å². The van der Waals surface area contributed by atoms with Crippen molar-refractivity contribution >= 4 is 53.0 Å². The maximum absolute atomic E-state index is 13.2. The van der Waals surface area contributed by atoms with Crippen molar-refractivity contribution < 1.29 is 28.7 Å². The van der Waals surface area contributed by atoms with E-state index < -0.39 is 29.7 Å². The Labute approximate surface area is 375 Å². The molecule has 1 aromatic heterocycles. The van der Waals surface area contributed by atoms with E-state index in [9.17, 15) is 24.0 Å². The molecule has 4 fully saturated rings. The van der Waals surface area contributed by atoms with Crippen molar-refractivity contribution in [3.63, 3.8) is 0 Å². The number of benzene rings is 2. The lowest BCUT2D eigenvalue weighted by atomic mass is 9.72.